The maximum Gasteiger partial charge on any atom is 0.262 e. The number of anilines is 2. The minimum atomic E-state index is -0.446. The average molecular weight is 382 g/mol. The number of nitrogens with zero attached hydrogens (tertiary/aromatic N) is 4. The number of hydrogen-bond donors (Lipinski definition) is 2. The van der Waals surface area contributed by atoms with E-state index in [0.717, 1.165) is 16.4 Å². The Balaban J connectivity index is 1.48. The van der Waals surface area contributed by atoms with Crippen molar-refractivity contribution in [1.82, 2.24) is 20.2 Å². The smallest absolute Gasteiger partial charge is 0.262 e. The molecule has 0 saturated heterocycles. The number of carbonyl (C=O) groups is 3. The van der Waals surface area contributed by atoms with Gasteiger partial charge in [-0.2, -0.15) is 4.98 Å². The van der Waals surface area contributed by atoms with Gasteiger partial charge in [-0.05, 0) is 19.1 Å². The Hall–Kier alpha value is -3.49. The largest absolute Gasteiger partial charge is 0.363 e. The molecule has 0 bridgehead atoms. The lowest BCUT2D eigenvalue weighted by atomic mass is 10.1. The molecule has 28 heavy (non-hydrogen) atoms. The predicted octanol–water partition coefficient (Wildman–Crippen LogP) is 0.675. The SMILES string of the molecule is Cc1cc(N(C)C)nc(NCCNC(=O)CN2C(=O)c3ccccc3C2=O)n1. The second-order valence-corrected chi connectivity index (χ2v) is 6.60. The summed E-state index contributed by atoms with van der Waals surface area (Å²) in [6.45, 7) is 2.28. The van der Waals surface area contributed by atoms with Crippen LogP contribution in [0.15, 0.2) is 30.3 Å². The molecular formula is C19H22N6O3. The first-order chi connectivity index (χ1) is 13.4. The number of imide groups is 1. The van der Waals surface area contributed by atoms with Gasteiger partial charge >= 0.3 is 0 Å². The van der Waals surface area contributed by atoms with Crippen LogP contribution < -0.4 is 15.5 Å². The van der Waals surface area contributed by atoms with Crippen molar-refractivity contribution in [2.75, 3.05) is 43.9 Å². The summed E-state index contributed by atoms with van der Waals surface area (Å²) in [6, 6.07) is 8.42. The maximum atomic E-state index is 12.3. The zero-order chi connectivity index (χ0) is 20.3. The summed E-state index contributed by atoms with van der Waals surface area (Å²) in [5.41, 5.74) is 1.49. The van der Waals surface area contributed by atoms with E-state index in [0.29, 0.717) is 30.2 Å². The van der Waals surface area contributed by atoms with Crippen LogP contribution in [0.1, 0.15) is 26.4 Å². The van der Waals surface area contributed by atoms with Crippen molar-refractivity contribution in [2.24, 2.45) is 0 Å². The zero-order valence-electron chi connectivity index (χ0n) is 16.0. The first kappa shape index (κ1) is 19.3. The van der Waals surface area contributed by atoms with Crippen molar-refractivity contribution in [2.45, 2.75) is 6.92 Å². The highest BCUT2D eigenvalue weighted by Crippen LogP contribution is 2.21. The lowest BCUT2D eigenvalue weighted by Crippen LogP contribution is -2.41. The van der Waals surface area contributed by atoms with Crippen LogP contribution in [0.5, 0.6) is 0 Å². The normalized spacial score (nSPS) is 12.8. The van der Waals surface area contributed by atoms with Crippen LogP contribution >= 0.6 is 0 Å². The highest BCUT2D eigenvalue weighted by atomic mass is 16.2. The maximum absolute atomic E-state index is 12.3. The van der Waals surface area contributed by atoms with Gasteiger partial charge in [-0.25, -0.2) is 4.98 Å². The van der Waals surface area contributed by atoms with E-state index in [9.17, 15) is 14.4 Å². The van der Waals surface area contributed by atoms with Gasteiger partial charge in [0.15, 0.2) is 0 Å². The number of nitrogens with one attached hydrogen (secondary N) is 2. The minimum Gasteiger partial charge on any atom is -0.363 e. The zero-order valence-corrected chi connectivity index (χ0v) is 16.0. The van der Waals surface area contributed by atoms with E-state index in [1.807, 2.05) is 32.0 Å². The summed E-state index contributed by atoms with van der Waals surface area (Å²) in [5, 5.41) is 5.74. The molecule has 146 valence electrons. The molecule has 0 radical (unpaired) electrons. The van der Waals surface area contributed by atoms with Gasteiger partial charge in [0.05, 0.1) is 11.1 Å². The van der Waals surface area contributed by atoms with Crippen LogP contribution in [0.25, 0.3) is 0 Å². The van der Waals surface area contributed by atoms with Crippen molar-refractivity contribution in [3.05, 3.63) is 47.2 Å². The summed E-state index contributed by atoms with van der Waals surface area (Å²) in [5.74, 6) is -0.0464. The fourth-order valence-electron chi connectivity index (χ4n) is 2.82. The highest BCUT2D eigenvalue weighted by molar-refractivity contribution is 6.22. The molecule has 0 unspecified atom stereocenters. The topological polar surface area (TPSA) is 108 Å². The Morgan fingerprint density at radius 1 is 1.07 bits per heavy atom. The van der Waals surface area contributed by atoms with E-state index in [1.165, 1.54) is 0 Å². The van der Waals surface area contributed by atoms with E-state index in [-0.39, 0.29) is 6.54 Å². The highest BCUT2D eigenvalue weighted by Gasteiger charge is 2.36. The molecule has 0 aliphatic carbocycles. The quantitative estimate of drug-likeness (QED) is 0.535. The van der Waals surface area contributed by atoms with Gasteiger partial charge in [-0.15, -0.1) is 0 Å². The third kappa shape index (κ3) is 4.08. The van der Waals surface area contributed by atoms with Crippen LogP contribution in [-0.4, -0.2) is 66.3 Å². The van der Waals surface area contributed by atoms with E-state index in [4.69, 9.17) is 0 Å². The summed E-state index contributed by atoms with van der Waals surface area (Å²) in [7, 11) is 3.79. The Kier molecular flexibility index (Phi) is 5.53. The van der Waals surface area contributed by atoms with Gasteiger partial charge in [0.2, 0.25) is 11.9 Å². The van der Waals surface area contributed by atoms with Crippen LogP contribution in [0, 0.1) is 6.92 Å². The number of aryl methyl sites for hydroxylation is 1. The molecule has 1 aliphatic rings. The first-order valence-corrected chi connectivity index (χ1v) is 8.85. The summed E-state index contributed by atoms with van der Waals surface area (Å²) < 4.78 is 0. The monoisotopic (exact) mass is 382 g/mol. The fraction of sp³-hybridized carbons (Fsp3) is 0.316. The number of amides is 3. The molecule has 2 aromatic rings. The summed E-state index contributed by atoms with van der Waals surface area (Å²) in [6.07, 6.45) is 0. The van der Waals surface area contributed by atoms with Gasteiger partial charge in [-0.3, -0.25) is 19.3 Å². The molecule has 2 N–H and O–H groups in total. The fourth-order valence-corrected chi connectivity index (χ4v) is 2.82. The van der Waals surface area contributed by atoms with Gasteiger partial charge in [-0.1, -0.05) is 12.1 Å². The van der Waals surface area contributed by atoms with E-state index in [2.05, 4.69) is 20.6 Å². The Morgan fingerprint density at radius 2 is 1.71 bits per heavy atom. The van der Waals surface area contributed by atoms with E-state index in [1.54, 1.807) is 24.3 Å². The van der Waals surface area contributed by atoms with Crippen LogP contribution in [-0.2, 0) is 4.79 Å². The van der Waals surface area contributed by atoms with Crippen molar-refractivity contribution >= 4 is 29.5 Å². The molecule has 0 saturated carbocycles. The first-order valence-electron chi connectivity index (χ1n) is 8.85. The third-order valence-corrected chi connectivity index (χ3v) is 4.21. The van der Waals surface area contributed by atoms with Crippen LogP contribution in [0.4, 0.5) is 11.8 Å². The van der Waals surface area contributed by atoms with Gasteiger partial charge in [0.25, 0.3) is 11.8 Å². The second-order valence-electron chi connectivity index (χ2n) is 6.60. The predicted molar refractivity (Wildman–Crippen MR) is 104 cm³/mol. The summed E-state index contributed by atoms with van der Waals surface area (Å²) in [4.78, 5) is 48.2. The standard InChI is InChI=1S/C19H22N6O3/c1-12-10-15(24(2)3)23-19(22-12)21-9-8-20-16(26)11-25-17(27)13-6-4-5-7-14(13)18(25)28/h4-7,10H,8-9,11H2,1-3H3,(H,20,26)(H,21,22,23). The molecule has 9 heteroatoms. The number of rotatable bonds is 7. The molecule has 9 nitrogen and oxygen atoms in total. The number of fused-ring (bicyclic) bond motifs is 1. The Bertz CT molecular complexity index is 893. The van der Waals surface area contributed by atoms with E-state index < -0.39 is 17.7 Å². The van der Waals surface area contributed by atoms with Crippen molar-refractivity contribution in [3.8, 4) is 0 Å². The third-order valence-electron chi connectivity index (χ3n) is 4.21. The van der Waals surface area contributed by atoms with Crippen LogP contribution in [0.3, 0.4) is 0 Å². The average Bonchev–Trinajstić information content (AvgIpc) is 2.90. The number of carbonyl (C=O) groups excluding carboxylic acids is 3. The molecule has 1 aromatic carbocycles. The van der Waals surface area contributed by atoms with Crippen molar-refractivity contribution in [3.63, 3.8) is 0 Å². The van der Waals surface area contributed by atoms with Gasteiger partial charge in [0, 0.05) is 38.9 Å². The van der Waals surface area contributed by atoms with Crippen molar-refractivity contribution < 1.29 is 14.4 Å². The number of benzene rings is 1. The molecule has 3 rings (SSSR count). The lowest BCUT2D eigenvalue weighted by Gasteiger charge is -2.15. The minimum absolute atomic E-state index is 0.302. The Morgan fingerprint density at radius 3 is 2.32 bits per heavy atom. The van der Waals surface area contributed by atoms with E-state index >= 15 is 0 Å². The molecule has 0 atom stereocenters. The lowest BCUT2D eigenvalue weighted by molar-refractivity contribution is -0.121. The van der Waals surface area contributed by atoms with Gasteiger partial charge < -0.3 is 15.5 Å². The molecular weight excluding hydrogens is 360 g/mol. The number of aromatic nitrogens is 2. The summed E-state index contributed by atoms with van der Waals surface area (Å²) >= 11 is 0. The second kappa shape index (κ2) is 8.03. The molecule has 3 amide bonds. The van der Waals surface area contributed by atoms with Crippen LogP contribution in [0.2, 0.25) is 0 Å². The van der Waals surface area contributed by atoms with Gasteiger partial charge in [0.1, 0.15) is 12.4 Å². The molecule has 1 aliphatic heterocycles. The Labute approximate surface area is 162 Å². The molecule has 2 heterocycles. The van der Waals surface area contributed by atoms with Crippen molar-refractivity contribution in [1.29, 1.82) is 0 Å². The molecule has 0 fully saturated rings. The molecule has 1 aromatic heterocycles. The number of hydrogen-bond acceptors (Lipinski definition) is 7. The molecule has 0 spiro atoms.